The predicted octanol–water partition coefficient (Wildman–Crippen LogP) is 2.94. The summed E-state index contributed by atoms with van der Waals surface area (Å²) in [5, 5.41) is 1.22. The highest BCUT2D eigenvalue weighted by Gasteiger charge is 2.35. The van der Waals surface area contributed by atoms with Gasteiger partial charge in [-0.1, -0.05) is 6.07 Å². The van der Waals surface area contributed by atoms with Gasteiger partial charge >= 0.3 is 0 Å². The minimum absolute atomic E-state index is 0.255. The third-order valence-corrected chi connectivity index (χ3v) is 7.28. The summed E-state index contributed by atoms with van der Waals surface area (Å²) in [6, 6.07) is 8.51. The lowest BCUT2D eigenvalue weighted by atomic mass is 9.82. The zero-order valence-corrected chi connectivity index (χ0v) is 17.4. The van der Waals surface area contributed by atoms with Crippen LogP contribution in [0.15, 0.2) is 41.5 Å². The molecular weight excluding hydrogens is 374 g/mol. The zero-order valence-electron chi connectivity index (χ0n) is 17.4. The predicted molar refractivity (Wildman–Crippen MR) is 117 cm³/mol. The van der Waals surface area contributed by atoms with Crippen molar-refractivity contribution in [1.82, 2.24) is 24.3 Å². The van der Waals surface area contributed by atoms with E-state index in [1.807, 2.05) is 12.3 Å². The first-order valence-electron chi connectivity index (χ1n) is 11.3. The Bertz CT molecular complexity index is 1130. The molecule has 2 saturated heterocycles. The molecule has 0 aromatic carbocycles. The fourth-order valence-corrected chi connectivity index (χ4v) is 5.91. The summed E-state index contributed by atoms with van der Waals surface area (Å²) in [5.41, 5.74) is 4.75. The molecule has 3 aliphatic rings. The zero-order chi connectivity index (χ0) is 20.1. The number of rotatable bonds is 4. The molecule has 0 saturated carbocycles. The smallest absolute Gasteiger partial charge is 0.255 e. The van der Waals surface area contributed by atoms with Gasteiger partial charge in [-0.2, -0.15) is 0 Å². The molecule has 0 unspecified atom stereocenters. The van der Waals surface area contributed by atoms with E-state index in [2.05, 4.69) is 48.7 Å². The maximum Gasteiger partial charge on any atom is 0.255 e. The highest BCUT2D eigenvalue weighted by Crippen LogP contribution is 2.36. The Labute approximate surface area is 176 Å². The highest BCUT2D eigenvalue weighted by atomic mass is 16.1. The van der Waals surface area contributed by atoms with Crippen LogP contribution in [0, 0.1) is 5.92 Å². The second-order valence-electron chi connectivity index (χ2n) is 9.39. The van der Waals surface area contributed by atoms with Crippen molar-refractivity contribution in [3.63, 3.8) is 0 Å². The summed E-state index contributed by atoms with van der Waals surface area (Å²) in [4.78, 5) is 25.9. The summed E-state index contributed by atoms with van der Waals surface area (Å²) in [6.45, 7) is 6.96. The van der Waals surface area contributed by atoms with Crippen LogP contribution in [0.2, 0.25) is 0 Å². The van der Waals surface area contributed by atoms with Crippen LogP contribution in [0.1, 0.15) is 42.0 Å². The van der Waals surface area contributed by atoms with Gasteiger partial charge in [-0.3, -0.25) is 14.6 Å². The number of fused-ring (bicyclic) bond motifs is 5. The van der Waals surface area contributed by atoms with Gasteiger partial charge in [0.15, 0.2) is 0 Å². The van der Waals surface area contributed by atoms with E-state index in [0.29, 0.717) is 11.8 Å². The maximum atomic E-state index is 13.2. The summed E-state index contributed by atoms with van der Waals surface area (Å²) in [5.74, 6) is 1.01. The summed E-state index contributed by atoms with van der Waals surface area (Å²) in [7, 11) is 0. The Morgan fingerprint density at radius 1 is 1.00 bits per heavy atom. The molecule has 30 heavy (non-hydrogen) atoms. The summed E-state index contributed by atoms with van der Waals surface area (Å²) >= 11 is 0. The standard InChI is InChI=1S/C24H29N5O/c30-24-18(14-27-8-1-2-9-27)5-6-22-19-10-17(13-29(22)24)12-28(15-19)16-20-11-26-23-21(20)4-3-7-25-23/h3-7,11,17,19H,1-2,8-10,12-16H2,(H,25,26)/t17-,19+/m0/s1. The van der Waals surface area contributed by atoms with Crippen LogP contribution in [0.4, 0.5) is 0 Å². The maximum absolute atomic E-state index is 13.2. The van der Waals surface area contributed by atoms with E-state index in [1.165, 1.54) is 35.9 Å². The number of piperidine rings is 1. The molecule has 6 rings (SSSR count). The van der Waals surface area contributed by atoms with E-state index in [4.69, 9.17) is 0 Å². The molecule has 2 fully saturated rings. The molecule has 0 aliphatic carbocycles. The number of pyridine rings is 2. The third-order valence-electron chi connectivity index (χ3n) is 7.28. The molecule has 2 bridgehead atoms. The molecule has 0 amide bonds. The normalized spacial score (nSPS) is 24.4. The van der Waals surface area contributed by atoms with Crippen LogP contribution in [0.25, 0.3) is 11.0 Å². The van der Waals surface area contributed by atoms with Gasteiger partial charge in [0.2, 0.25) is 0 Å². The molecule has 2 atom stereocenters. The highest BCUT2D eigenvalue weighted by molar-refractivity contribution is 5.79. The van der Waals surface area contributed by atoms with Crippen LogP contribution in [0.3, 0.4) is 0 Å². The van der Waals surface area contributed by atoms with Gasteiger partial charge in [-0.15, -0.1) is 0 Å². The van der Waals surface area contributed by atoms with Crippen molar-refractivity contribution in [1.29, 1.82) is 0 Å². The molecular formula is C24H29N5O. The molecule has 3 aromatic heterocycles. The fourth-order valence-electron chi connectivity index (χ4n) is 5.91. The monoisotopic (exact) mass is 403 g/mol. The summed E-state index contributed by atoms with van der Waals surface area (Å²) in [6.07, 6.45) is 7.67. The van der Waals surface area contributed by atoms with E-state index in [9.17, 15) is 4.79 Å². The van der Waals surface area contributed by atoms with Crippen molar-refractivity contribution < 1.29 is 0 Å². The lowest BCUT2D eigenvalue weighted by molar-refractivity contribution is 0.114. The largest absolute Gasteiger partial charge is 0.346 e. The number of aromatic amines is 1. The lowest BCUT2D eigenvalue weighted by Crippen LogP contribution is -2.47. The number of aromatic nitrogens is 3. The minimum Gasteiger partial charge on any atom is -0.346 e. The number of nitrogens with one attached hydrogen (secondary N) is 1. The SMILES string of the molecule is O=c1c(CN2CCCC2)ccc2n1C[C@H]1C[C@@H]2CN(Cc2c[nH]c3ncccc23)C1. The average Bonchev–Trinajstić information content (AvgIpc) is 3.41. The molecule has 156 valence electrons. The van der Waals surface area contributed by atoms with Crippen LogP contribution in [-0.2, 0) is 19.6 Å². The van der Waals surface area contributed by atoms with E-state index in [0.717, 1.165) is 57.0 Å². The molecule has 0 spiro atoms. The average molecular weight is 404 g/mol. The van der Waals surface area contributed by atoms with Gasteiger partial charge in [0.1, 0.15) is 5.65 Å². The van der Waals surface area contributed by atoms with Gasteiger partial charge in [-0.05, 0) is 62.0 Å². The summed E-state index contributed by atoms with van der Waals surface area (Å²) < 4.78 is 2.11. The number of nitrogens with zero attached hydrogens (tertiary/aromatic N) is 4. The Morgan fingerprint density at radius 3 is 2.77 bits per heavy atom. The number of hydrogen-bond donors (Lipinski definition) is 1. The van der Waals surface area contributed by atoms with E-state index in [1.54, 1.807) is 0 Å². The molecule has 6 heterocycles. The minimum atomic E-state index is 0.255. The van der Waals surface area contributed by atoms with Crippen molar-refractivity contribution in [3.8, 4) is 0 Å². The van der Waals surface area contributed by atoms with Crippen LogP contribution in [0.5, 0.6) is 0 Å². The van der Waals surface area contributed by atoms with Gasteiger partial charge < -0.3 is 9.55 Å². The molecule has 0 radical (unpaired) electrons. The van der Waals surface area contributed by atoms with E-state index in [-0.39, 0.29) is 5.56 Å². The molecule has 1 N–H and O–H groups in total. The Hall–Kier alpha value is -2.44. The van der Waals surface area contributed by atoms with Gasteiger partial charge in [0, 0.05) is 67.7 Å². The van der Waals surface area contributed by atoms with E-state index < -0.39 is 0 Å². The van der Waals surface area contributed by atoms with Crippen molar-refractivity contribution in [3.05, 3.63) is 63.8 Å². The molecule has 3 aliphatic heterocycles. The van der Waals surface area contributed by atoms with Crippen LogP contribution >= 0.6 is 0 Å². The van der Waals surface area contributed by atoms with Gasteiger partial charge in [0.05, 0.1) is 0 Å². The van der Waals surface area contributed by atoms with Crippen LogP contribution in [-0.4, -0.2) is 50.5 Å². The fraction of sp³-hybridized carbons (Fsp3) is 0.500. The quantitative estimate of drug-likeness (QED) is 0.728. The first kappa shape index (κ1) is 18.3. The van der Waals surface area contributed by atoms with Crippen molar-refractivity contribution in [2.24, 2.45) is 5.92 Å². The lowest BCUT2D eigenvalue weighted by Gasteiger charge is -2.43. The number of H-pyrrole nitrogens is 1. The van der Waals surface area contributed by atoms with E-state index >= 15 is 0 Å². The van der Waals surface area contributed by atoms with Crippen molar-refractivity contribution >= 4 is 11.0 Å². The first-order valence-corrected chi connectivity index (χ1v) is 11.3. The first-order chi connectivity index (χ1) is 14.7. The third kappa shape index (κ3) is 3.19. The van der Waals surface area contributed by atoms with Gasteiger partial charge in [0.25, 0.3) is 5.56 Å². The number of likely N-dealkylation sites (tertiary alicyclic amines) is 2. The van der Waals surface area contributed by atoms with Crippen molar-refractivity contribution in [2.45, 2.75) is 44.8 Å². The number of hydrogen-bond acceptors (Lipinski definition) is 4. The molecule has 6 heteroatoms. The second kappa shape index (κ2) is 7.36. The molecule has 6 nitrogen and oxygen atoms in total. The molecule has 3 aromatic rings. The Morgan fingerprint density at radius 2 is 1.87 bits per heavy atom. The van der Waals surface area contributed by atoms with Gasteiger partial charge in [-0.25, -0.2) is 4.98 Å². The van der Waals surface area contributed by atoms with Crippen LogP contribution < -0.4 is 5.56 Å². The topological polar surface area (TPSA) is 57.2 Å². The Kier molecular flexibility index (Phi) is 4.50. The second-order valence-corrected chi connectivity index (χ2v) is 9.39. The Balaban J connectivity index is 1.23. The van der Waals surface area contributed by atoms with Crippen molar-refractivity contribution in [2.75, 3.05) is 26.2 Å².